The van der Waals surface area contributed by atoms with Crippen LogP contribution in [0.5, 0.6) is 23.3 Å². The molecule has 242 valence electrons. The zero-order chi connectivity index (χ0) is 32.7. The molecular formula is C40H50N4O2. The lowest BCUT2D eigenvalue weighted by Gasteiger charge is -2.54. The van der Waals surface area contributed by atoms with Crippen molar-refractivity contribution in [3.05, 3.63) is 85.2 Å². The Balaban J connectivity index is 1.21. The van der Waals surface area contributed by atoms with Gasteiger partial charge in [0.15, 0.2) is 0 Å². The Morgan fingerprint density at radius 1 is 0.500 bits per heavy atom. The average Bonchev–Trinajstić information content (AvgIpc) is 2.96. The van der Waals surface area contributed by atoms with Crippen LogP contribution in [0.25, 0.3) is 11.1 Å². The number of benzene rings is 2. The van der Waals surface area contributed by atoms with Gasteiger partial charge in [0.05, 0.1) is 0 Å². The van der Waals surface area contributed by atoms with E-state index >= 15 is 0 Å². The van der Waals surface area contributed by atoms with Gasteiger partial charge in [-0.25, -0.2) is 9.97 Å². The summed E-state index contributed by atoms with van der Waals surface area (Å²) in [5, 5.41) is 0. The maximum absolute atomic E-state index is 6.35. The van der Waals surface area contributed by atoms with Crippen LogP contribution in [0.3, 0.4) is 0 Å². The fraction of sp³-hybridized carbons (Fsp3) is 0.450. The van der Waals surface area contributed by atoms with Gasteiger partial charge in [-0.15, -0.1) is 0 Å². The van der Waals surface area contributed by atoms with Gasteiger partial charge >= 0.3 is 0 Å². The summed E-state index contributed by atoms with van der Waals surface area (Å²) >= 11 is 0. The number of rotatable bonds is 7. The molecule has 2 aliphatic rings. The monoisotopic (exact) mass is 618 g/mol. The van der Waals surface area contributed by atoms with E-state index in [-0.39, 0.29) is 22.2 Å². The van der Waals surface area contributed by atoms with Crippen molar-refractivity contribution >= 4 is 11.4 Å². The minimum Gasteiger partial charge on any atom is -0.439 e. The molecule has 0 bridgehead atoms. The van der Waals surface area contributed by atoms with E-state index < -0.39 is 0 Å². The second-order valence-corrected chi connectivity index (χ2v) is 15.6. The number of hydrogen-bond acceptors (Lipinski definition) is 6. The molecule has 0 aliphatic carbocycles. The van der Waals surface area contributed by atoms with E-state index in [1.54, 1.807) is 0 Å². The summed E-state index contributed by atoms with van der Waals surface area (Å²) in [5.74, 6) is 2.67. The molecule has 2 saturated heterocycles. The summed E-state index contributed by atoms with van der Waals surface area (Å²) < 4.78 is 12.7. The first-order chi connectivity index (χ1) is 21.7. The van der Waals surface area contributed by atoms with Crippen LogP contribution >= 0.6 is 0 Å². The quantitative estimate of drug-likeness (QED) is 0.205. The molecule has 0 atom stereocenters. The van der Waals surface area contributed by atoms with Gasteiger partial charge in [-0.3, -0.25) is 0 Å². The first-order valence-electron chi connectivity index (χ1n) is 16.8. The highest BCUT2D eigenvalue weighted by atomic mass is 16.5. The number of pyridine rings is 2. The molecule has 2 fully saturated rings. The topological polar surface area (TPSA) is 50.7 Å². The fourth-order valence-corrected chi connectivity index (χ4v) is 8.30. The molecule has 2 aromatic carbocycles. The van der Waals surface area contributed by atoms with Gasteiger partial charge in [-0.05, 0) is 141 Å². The number of ether oxygens (including phenoxy) is 2. The molecule has 0 spiro atoms. The van der Waals surface area contributed by atoms with E-state index in [4.69, 9.17) is 9.47 Å². The van der Waals surface area contributed by atoms with Gasteiger partial charge in [0.25, 0.3) is 0 Å². The van der Waals surface area contributed by atoms with E-state index in [0.29, 0.717) is 11.8 Å². The van der Waals surface area contributed by atoms with Gasteiger partial charge in [0, 0.05) is 58.1 Å². The van der Waals surface area contributed by atoms with Crippen molar-refractivity contribution in [2.24, 2.45) is 0 Å². The molecule has 46 heavy (non-hydrogen) atoms. The molecule has 6 heteroatoms. The van der Waals surface area contributed by atoms with Gasteiger partial charge < -0.3 is 19.3 Å². The lowest BCUT2D eigenvalue weighted by Crippen LogP contribution is -2.59. The molecule has 6 rings (SSSR count). The van der Waals surface area contributed by atoms with Crippen molar-refractivity contribution in [2.75, 3.05) is 9.80 Å². The number of piperidine rings is 2. The van der Waals surface area contributed by atoms with Crippen molar-refractivity contribution < 1.29 is 9.47 Å². The molecule has 0 N–H and O–H groups in total. The number of nitrogens with zero attached hydrogens (tertiary/aromatic N) is 4. The Labute approximate surface area is 275 Å². The van der Waals surface area contributed by atoms with Crippen LogP contribution in [0, 0.1) is 0 Å². The molecule has 2 aliphatic heterocycles. The van der Waals surface area contributed by atoms with Gasteiger partial charge in [0.1, 0.15) is 11.5 Å². The van der Waals surface area contributed by atoms with E-state index in [9.17, 15) is 0 Å². The van der Waals surface area contributed by atoms with Crippen molar-refractivity contribution in [2.45, 2.75) is 116 Å². The first-order valence-corrected chi connectivity index (χ1v) is 16.8. The summed E-state index contributed by atoms with van der Waals surface area (Å²) in [6.07, 6.45) is 10.8. The van der Waals surface area contributed by atoms with Crippen LogP contribution < -0.4 is 19.3 Å². The maximum Gasteiger partial charge on any atom is 0.221 e. The van der Waals surface area contributed by atoms with Crippen molar-refractivity contribution in [3.63, 3.8) is 0 Å². The van der Waals surface area contributed by atoms with Gasteiger partial charge in [-0.1, -0.05) is 24.3 Å². The van der Waals surface area contributed by atoms with Crippen LogP contribution in [0.1, 0.15) is 93.9 Å². The van der Waals surface area contributed by atoms with Crippen LogP contribution in [0.15, 0.2) is 85.2 Å². The summed E-state index contributed by atoms with van der Waals surface area (Å²) in [6, 6.07) is 24.6. The standard InChI is InChI=1S/C40H50N4O2/c1-37(2)19-11-20-38(3,4)43(37)31-17-23-41-35(27-31)45-33-15-9-13-29(25-33)30-14-10-16-34(26-30)46-36-28-32(18-24-42-36)44-39(5,6)21-12-22-40(44,7)8/h9-10,13-18,23-28H,11-12,19-22H2,1-8H3. The fourth-order valence-electron chi connectivity index (χ4n) is 8.30. The first kappa shape index (κ1) is 31.9. The zero-order valence-electron chi connectivity index (χ0n) is 28.9. The third kappa shape index (κ3) is 6.58. The highest BCUT2D eigenvalue weighted by Crippen LogP contribution is 2.44. The second kappa shape index (κ2) is 11.9. The molecular weight excluding hydrogens is 568 g/mol. The number of aromatic nitrogens is 2. The lowest BCUT2D eigenvalue weighted by atomic mass is 9.79. The third-order valence-electron chi connectivity index (χ3n) is 9.98. The highest BCUT2D eigenvalue weighted by Gasteiger charge is 2.42. The van der Waals surface area contributed by atoms with Crippen molar-refractivity contribution in [1.29, 1.82) is 0 Å². The zero-order valence-corrected chi connectivity index (χ0v) is 28.9. The predicted octanol–water partition coefficient (Wildman–Crippen LogP) is 10.8. The minimum absolute atomic E-state index is 0.0605. The minimum atomic E-state index is 0.0605. The van der Waals surface area contributed by atoms with Crippen LogP contribution in [-0.4, -0.2) is 32.1 Å². The molecule has 2 aromatic heterocycles. The Bertz CT molecular complexity index is 1540. The maximum atomic E-state index is 6.35. The molecule has 6 nitrogen and oxygen atoms in total. The van der Waals surface area contributed by atoms with Crippen LogP contribution in [-0.2, 0) is 0 Å². The average molecular weight is 619 g/mol. The largest absolute Gasteiger partial charge is 0.439 e. The van der Waals surface area contributed by atoms with E-state index in [0.717, 1.165) is 59.7 Å². The lowest BCUT2D eigenvalue weighted by molar-refractivity contribution is 0.243. The van der Waals surface area contributed by atoms with Gasteiger partial charge in [-0.2, -0.15) is 0 Å². The van der Waals surface area contributed by atoms with Gasteiger partial charge in [0.2, 0.25) is 11.8 Å². The Hall–Kier alpha value is -4.06. The Morgan fingerprint density at radius 2 is 0.870 bits per heavy atom. The molecule has 0 amide bonds. The van der Waals surface area contributed by atoms with Crippen molar-refractivity contribution in [1.82, 2.24) is 9.97 Å². The molecule has 4 aromatic rings. The Kier molecular flexibility index (Phi) is 8.28. The van der Waals surface area contributed by atoms with E-state index in [1.165, 1.54) is 12.8 Å². The summed E-state index contributed by atoms with van der Waals surface area (Å²) in [6.45, 7) is 18.7. The third-order valence-corrected chi connectivity index (χ3v) is 9.98. The normalized spacial score (nSPS) is 19.8. The van der Waals surface area contributed by atoms with Crippen LogP contribution in [0.2, 0.25) is 0 Å². The molecule has 4 heterocycles. The van der Waals surface area contributed by atoms with Crippen molar-refractivity contribution in [3.8, 4) is 34.4 Å². The number of anilines is 2. The molecule has 0 unspecified atom stereocenters. The second-order valence-electron chi connectivity index (χ2n) is 15.6. The Morgan fingerprint density at radius 3 is 1.24 bits per heavy atom. The predicted molar refractivity (Wildman–Crippen MR) is 189 cm³/mol. The van der Waals surface area contributed by atoms with Crippen LogP contribution in [0.4, 0.5) is 11.4 Å². The number of hydrogen-bond donors (Lipinski definition) is 0. The SMILES string of the molecule is CC1(C)CCCC(C)(C)N1c1ccnc(Oc2cccc(-c3cccc(Oc4cc(N5C(C)(C)CCCC5(C)C)ccn4)c3)c2)c1. The summed E-state index contributed by atoms with van der Waals surface area (Å²) in [4.78, 5) is 14.2. The highest BCUT2D eigenvalue weighted by molar-refractivity contribution is 5.67. The molecule has 0 radical (unpaired) electrons. The summed E-state index contributed by atoms with van der Waals surface area (Å²) in [5.41, 5.74) is 4.61. The van der Waals surface area contributed by atoms with E-state index in [2.05, 4.69) is 124 Å². The molecule has 0 saturated carbocycles. The smallest absolute Gasteiger partial charge is 0.221 e. The van der Waals surface area contributed by atoms with E-state index in [1.807, 2.05) is 36.7 Å². The summed E-state index contributed by atoms with van der Waals surface area (Å²) in [7, 11) is 0.